The highest BCUT2D eigenvalue weighted by molar-refractivity contribution is 5.32. The molecule has 21 heavy (non-hydrogen) atoms. The van der Waals surface area contributed by atoms with Gasteiger partial charge in [-0.2, -0.15) is 0 Å². The van der Waals surface area contributed by atoms with E-state index in [1.54, 1.807) is 0 Å². The van der Waals surface area contributed by atoms with Crippen molar-refractivity contribution in [3.8, 4) is 0 Å². The predicted molar refractivity (Wildman–Crippen MR) is 86.5 cm³/mol. The highest BCUT2D eigenvalue weighted by Crippen LogP contribution is 2.29. The topological polar surface area (TPSA) is 26.7 Å². The number of hydrogen-bond acceptors (Lipinski definition) is 3. The van der Waals surface area contributed by atoms with E-state index in [0.29, 0.717) is 6.04 Å². The van der Waals surface area contributed by atoms with Crippen molar-refractivity contribution in [3.63, 3.8) is 0 Å². The van der Waals surface area contributed by atoms with Crippen molar-refractivity contribution in [1.82, 2.24) is 9.80 Å². The maximum absolute atomic E-state index is 10.6. The van der Waals surface area contributed by atoms with E-state index >= 15 is 0 Å². The van der Waals surface area contributed by atoms with Gasteiger partial charge in [0.25, 0.3) is 0 Å². The van der Waals surface area contributed by atoms with Crippen LogP contribution >= 0.6 is 0 Å². The maximum Gasteiger partial charge on any atom is 0.0919 e. The van der Waals surface area contributed by atoms with Crippen LogP contribution in [-0.4, -0.2) is 53.7 Å². The van der Waals surface area contributed by atoms with Crippen LogP contribution in [0.15, 0.2) is 18.2 Å². The molecule has 3 unspecified atom stereocenters. The highest BCUT2D eigenvalue weighted by atomic mass is 16.3. The van der Waals surface area contributed by atoms with Gasteiger partial charge < -0.3 is 5.11 Å². The molecule has 0 radical (unpaired) electrons. The lowest BCUT2D eigenvalue weighted by Gasteiger charge is -2.28. The van der Waals surface area contributed by atoms with E-state index in [1.165, 1.54) is 30.4 Å². The quantitative estimate of drug-likeness (QED) is 0.926. The number of benzene rings is 1. The van der Waals surface area contributed by atoms with Crippen LogP contribution in [0.5, 0.6) is 0 Å². The molecule has 2 aliphatic heterocycles. The fourth-order valence-corrected chi connectivity index (χ4v) is 4.09. The molecule has 2 heterocycles. The highest BCUT2D eigenvalue weighted by Gasteiger charge is 2.35. The summed E-state index contributed by atoms with van der Waals surface area (Å²) in [5, 5.41) is 10.6. The first-order valence-electron chi connectivity index (χ1n) is 8.24. The van der Waals surface area contributed by atoms with E-state index in [4.69, 9.17) is 0 Å². The van der Waals surface area contributed by atoms with Gasteiger partial charge >= 0.3 is 0 Å². The van der Waals surface area contributed by atoms with Crippen molar-refractivity contribution in [2.75, 3.05) is 26.7 Å². The van der Waals surface area contributed by atoms with Crippen LogP contribution in [0.1, 0.15) is 42.1 Å². The van der Waals surface area contributed by atoms with Crippen molar-refractivity contribution in [2.24, 2.45) is 0 Å². The van der Waals surface area contributed by atoms with Crippen molar-refractivity contribution < 1.29 is 5.11 Å². The minimum atomic E-state index is -0.368. The van der Waals surface area contributed by atoms with Gasteiger partial charge in [0.2, 0.25) is 0 Å². The third-order valence-electron chi connectivity index (χ3n) is 5.45. The second-order valence-corrected chi connectivity index (χ2v) is 6.97. The number of aliphatic hydroxyl groups excluding tert-OH is 1. The first kappa shape index (κ1) is 15.0. The second-order valence-electron chi connectivity index (χ2n) is 6.97. The summed E-state index contributed by atoms with van der Waals surface area (Å²) in [4.78, 5) is 5.02. The molecule has 1 N–H and O–H groups in total. The van der Waals surface area contributed by atoms with Crippen molar-refractivity contribution >= 4 is 0 Å². The summed E-state index contributed by atoms with van der Waals surface area (Å²) in [6, 6.07) is 7.80. The normalized spacial score (nSPS) is 28.6. The number of β-amino-alcohol motifs (C(OH)–C–C–N with tert-alkyl or cyclic N) is 1. The predicted octanol–water partition coefficient (Wildman–Crippen LogP) is 2.51. The Morgan fingerprint density at radius 3 is 2.71 bits per heavy atom. The van der Waals surface area contributed by atoms with Crippen molar-refractivity contribution in [2.45, 2.75) is 51.3 Å². The number of aryl methyl sites for hydroxylation is 2. The van der Waals surface area contributed by atoms with E-state index in [1.807, 2.05) is 0 Å². The average molecular weight is 288 g/mol. The van der Waals surface area contributed by atoms with Crippen LogP contribution in [0.4, 0.5) is 0 Å². The Morgan fingerprint density at radius 1 is 1.19 bits per heavy atom. The monoisotopic (exact) mass is 288 g/mol. The first-order chi connectivity index (χ1) is 10.0. The van der Waals surface area contributed by atoms with Crippen LogP contribution in [-0.2, 0) is 0 Å². The molecule has 116 valence electrons. The maximum atomic E-state index is 10.6. The smallest absolute Gasteiger partial charge is 0.0919 e. The zero-order valence-electron chi connectivity index (χ0n) is 13.5. The fraction of sp³-hybridized carbons (Fsp3) is 0.667. The summed E-state index contributed by atoms with van der Waals surface area (Å²) in [6.45, 7) is 7.19. The van der Waals surface area contributed by atoms with E-state index < -0.39 is 0 Å². The minimum Gasteiger partial charge on any atom is -0.387 e. The summed E-state index contributed by atoms with van der Waals surface area (Å²) in [6.07, 6.45) is 3.55. The van der Waals surface area contributed by atoms with E-state index in [-0.39, 0.29) is 6.10 Å². The lowest BCUT2D eigenvalue weighted by molar-refractivity contribution is 0.106. The van der Waals surface area contributed by atoms with Gasteiger partial charge in [-0.1, -0.05) is 23.8 Å². The number of aliphatic hydroxyl groups is 1. The Morgan fingerprint density at radius 2 is 1.95 bits per heavy atom. The number of hydrogen-bond donors (Lipinski definition) is 1. The molecule has 3 atom stereocenters. The second kappa shape index (κ2) is 6.07. The summed E-state index contributed by atoms with van der Waals surface area (Å²) in [5.41, 5.74) is 3.55. The van der Waals surface area contributed by atoms with Crippen LogP contribution in [0.3, 0.4) is 0 Å². The lowest BCUT2D eigenvalue weighted by Crippen LogP contribution is -2.38. The van der Waals surface area contributed by atoms with Gasteiger partial charge in [0.15, 0.2) is 0 Å². The molecule has 2 aliphatic rings. The van der Waals surface area contributed by atoms with E-state index in [2.05, 4.69) is 48.9 Å². The fourth-order valence-electron chi connectivity index (χ4n) is 4.09. The Hall–Kier alpha value is -0.900. The number of rotatable bonds is 3. The molecule has 2 fully saturated rings. The van der Waals surface area contributed by atoms with Gasteiger partial charge in [0.1, 0.15) is 0 Å². The van der Waals surface area contributed by atoms with Crippen LogP contribution in [0.25, 0.3) is 0 Å². The molecule has 2 bridgehead atoms. The van der Waals surface area contributed by atoms with Gasteiger partial charge in [0.05, 0.1) is 6.10 Å². The van der Waals surface area contributed by atoms with Crippen LogP contribution in [0.2, 0.25) is 0 Å². The zero-order chi connectivity index (χ0) is 15.0. The molecule has 3 rings (SSSR count). The Balaban J connectivity index is 1.66. The Labute approximate surface area is 128 Å². The van der Waals surface area contributed by atoms with Gasteiger partial charge in [0, 0.05) is 25.2 Å². The largest absolute Gasteiger partial charge is 0.387 e. The summed E-state index contributed by atoms with van der Waals surface area (Å²) in [5.74, 6) is 0. The van der Waals surface area contributed by atoms with Gasteiger partial charge in [-0.3, -0.25) is 9.80 Å². The summed E-state index contributed by atoms with van der Waals surface area (Å²) < 4.78 is 0. The van der Waals surface area contributed by atoms with Crippen molar-refractivity contribution in [1.29, 1.82) is 0 Å². The summed E-state index contributed by atoms with van der Waals surface area (Å²) in [7, 11) is 2.27. The molecule has 0 amide bonds. The number of likely N-dealkylation sites (tertiary alicyclic amines) is 1. The van der Waals surface area contributed by atoms with Gasteiger partial charge in [-0.15, -0.1) is 0 Å². The van der Waals surface area contributed by atoms with E-state index in [9.17, 15) is 5.11 Å². The average Bonchev–Trinajstić information content (AvgIpc) is 2.67. The van der Waals surface area contributed by atoms with E-state index in [0.717, 1.165) is 31.2 Å². The molecule has 0 aliphatic carbocycles. The molecule has 1 aromatic rings. The Bertz CT molecular complexity index is 502. The molecule has 0 aromatic heterocycles. The first-order valence-corrected chi connectivity index (χ1v) is 8.24. The number of fused-ring (bicyclic) bond motifs is 2. The molecule has 0 spiro atoms. The molecule has 3 heteroatoms. The molecular formula is C18H28N2O. The van der Waals surface area contributed by atoms with Gasteiger partial charge in [-0.05, 0) is 57.8 Å². The number of nitrogens with zero attached hydrogens (tertiary/aromatic N) is 2. The van der Waals surface area contributed by atoms with Crippen molar-refractivity contribution in [3.05, 3.63) is 34.9 Å². The summed E-state index contributed by atoms with van der Waals surface area (Å²) >= 11 is 0. The minimum absolute atomic E-state index is 0.368. The number of likely N-dealkylation sites (N-methyl/N-ethyl adjacent to an activating group) is 1. The third kappa shape index (κ3) is 3.15. The van der Waals surface area contributed by atoms with Crippen LogP contribution < -0.4 is 0 Å². The van der Waals surface area contributed by atoms with Gasteiger partial charge in [-0.25, -0.2) is 0 Å². The SMILES string of the molecule is Cc1ccc(C(O)CN2CCC3CCC(C2)N3C)c(C)c1. The molecule has 2 saturated heterocycles. The standard InChI is InChI=1S/C18H28N2O/c1-13-4-7-17(14(2)10-13)18(21)12-20-9-8-15-5-6-16(11-20)19(15)3/h4,7,10,15-16,18,21H,5-6,8-9,11-12H2,1-3H3. The molecule has 1 aromatic carbocycles. The molecule has 3 nitrogen and oxygen atoms in total. The molecule has 0 saturated carbocycles. The Kier molecular flexibility index (Phi) is 4.34. The lowest BCUT2D eigenvalue weighted by atomic mass is 10.00. The molecular weight excluding hydrogens is 260 g/mol. The third-order valence-corrected chi connectivity index (χ3v) is 5.45. The zero-order valence-corrected chi connectivity index (χ0v) is 13.5. The van der Waals surface area contributed by atoms with Crippen LogP contribution in [0, 0.1) is 13.8 Å².